The van der Waals surface area contributed by atoms with Crippen molar-refractivity contribution in [1.29, 1.82) is 0 Å². The van der Waals surface area contributed by atoms with Gasteiger partial charge in [-0.25, -0.2) is 0 Å². The van der Waals surface area contributed by atoms with Crippen LogP contribution >= 0.6 is 15.9 Å². The van der Waals surface area contributed by atoms with Gasteiger partial charge in [-0.05, 0) is 52.2 Å². The molecule has 0 saturated carbocycles. The van der Waals surface area contributed by atoms with Crippen molar-refractivity contribution in [3.63, 3.8) is 0 Å². The van der Waals surface area contributed by atoms with E-state index in [4.69, 9.17) is 0 Å². The SMILES string of the molecule is Cc1cccc(C(=O)NCc2cccc(O)c2)c1Br. The maximum absolute atomic E-state index is 12.1. The number of aromatic hydroxyl groups is 1. The predicted octanol–water partition coefficient (Wildman–Crippen LogP) is 3.39. The molecule has 0 atom stereocenters. The number of carbonyl (C=O) groups is 1. The Bertz CT molecular complexity index is 611. The number of rotatable bonds is 3. The van der Waals surface area contributed by atoms with Crippen LogP contribution in [0.15, 0.2) is 46.9 Å². The van der Waals surface area contributed by atoms with Gasteiger partial charge in [0, 0.05) is 11.0 Å². The van der Waals surface area contributed by atoms with Crippen LogP contribution in [-0.2, 0) is 6.54 Å². The van der Waals surface area contributed by atoms with Gasteiger partial charge >= 0.3 is 0 Å². The predicted molar refractivity (Wildman–Crippen MR) is 78.2 cm³/mol. The third kappa shape index (κ3) is 3.35. The molecule has 2 aromatic rings. The van der Waals surface area contributed by atoms with Crippen LogP contribution in [0.4, 0.5) is 0 Å². The first kappa shape index (κ1) is 13.6. The summed E-state index contributed by atoms with van der Waals surface area (Å²) < 4.78 is 0.809. The van der Waals surface area contributed by atoms with Gasteiger partial charge in [0.25, 0.3) is 5.91 Å². The second-order valence-electron chi connectivity index (χ2n) is 4.29. The molecule has 2 N–H and O–H groups in total. The van der Waals surface area contributed by atoms with Crippen molar-refractivity contribution < 1.29 is 9.90 Å². The highest BCUT2D eigenvalue weighted by Gasteiger charge is 2.10. The van der Waals surface area contributed by atoms with E-state index in [0.717, 1.165) is 15.6 Å². The van der Waals surface area contributed by atoms with Crippen molar-refractivity contribution in [1.82, 2.24) is 5.32 Å². The molecule has 0 radical (unpaired) electrons. The summed E-state index contributed by atoms with van der Waals surface area (Å²) in [6.07, 6.45) is 0. The van der Waals surface area contributed by atoms with Crippen molar-refractivity contribution in [2.45, 2.75) is 13.5 Å². The van der Waals surface area contributed by atoms with Crippen LogP contribution in [0.3, 0.4) is 0 Å². The Morgan fingerprint density at radius 2 is 2.00 bits per heavy atom. The van der Waals surface area contributed by atoms with E-state index in [-0.39, 0.29) is 11.7 Å². The Kier molecular flexibility index (Phi) is 4.22. The van der Waals surface area contributed by atoms with Crippen molar-refractivity contribution >= 4 is 21.8 Å². The van der Waals surface area contributed by atoms with E-state index in [9.17, 15) is 9.90 Å². The minimum atomic E-state index is -0.140. The Labute approximate surface area is 120 Å². The minimum Gasteiger partial charge on any atom is -0.508 e. The molecule has 0 aliphatic rings. The Hall–Kier alpha value is -1.81. The molecule has 98 valence electrons. The summed E-state index contributed by atoms with van der Waals surface area (Å²) in [5, 5.41) is 12.2. The topological polar surface area (TPSA) is 49.3 Å². The first-order valence-corrected chi connectivity index (χ1v) is 6.68. The smallest absolute Gasteiger partial charge is 0.252 e. The Morgan fingerprint density at radius 3 is 2.74 bits per heavy atom. The van der Waals surface area contributed by atoms with E-state index >= 15 is 0 Å². The fourth-order valence-electron chi connectivity index (χ4n) is 1.77. The summed E-state index contributed by atoms with van der Waals surface area (Å²) >= 11 is 3.42. The summed E-state index contributed by atoms with van der Waals surface area (Å²) in [7, 11) is 0. The van der Waals surface area contributed by atoms with Crippen molar-refractivity contribution in [2.24, 2.45) is 0 Å². The van der Waals surface area contributed by atoms with Crippen LogP contribution < -0.4 is 5.32 Å². The molecule has 0 spiro atoms. The van der Waals surface area contributed by atoms with Gasteiger partial charge < -0.3 is 10.4 Å². The zero-order chi connectivity index (χ0) is 13.8. The maximum Gasteiger partial charge on any atom is 0.252 e. The molecule has 0 aromatic heterocycles. The van der Waals surface area contributed by atoms with Crippen LogP contribution in [0.2, 0.25) is 0 Å². The molecule has 2 rings (SSSR count). The zero-order valence-electron chi connectivity index (χ0n) is 10.5. The molecule has 4 heteroatoms. The van der Waals surface area contributed by atoms with Gasteiger partial charge in [0.05, 0.1) is 5.56 Å². The monoisotopic (exact) mass is 319 g/mol. The maximum atomic E-state index is 12.1. The quantitative estimate of drug-likeness (QED) is 0.911. The molecule has 19 heavy (non-hydrogen) atoms. The molecular formula is C15H14BrNO2. The second-order valence-corrected chi connectivity index (χ2v) is 5.08. The van der Waals surface area contributed by atoms with Gasteiger partial charge in [0.2, 0.25) is 0 Å². The largest absolute Gasteiger partial charge is 0.508 e. The summed E-state index contributed by atoms with van der Waals surface area (Å²) in [6, 6.07) is 12.4. The molecule has 3 nitrogen and oxygen atoms in total. The fourth-order valence-corrected chi connectivity index (χ4v) is 2.21. The van der Waals surface area contributed by atoms with Crippen LogP contribution in [0.1, 0.15) is 21.5 Å². The Balaban J connectivity index is 2.08. The lowest BCUT2D eigenvalue weighted by Gasteiger charge is -2.08. The first-order chi connectivity index (χ1) is 9.08. The summed E-state index contributed by atoms with van der Waals surface area (Å²) in [5.74, 6) is 0.0578. The molecule has 0 aliphatic carbocycles. The number of halogens is 1. The van der Waals surface area contributed by atoms with Crippen molar-refractivity contribution in [3.05, 3.63) is 63.6 Å². The highest BCUT2D eigenvalue weighted by molar-refractivity contribution is 9.10. The van der Waals surface area contributed by atoms with E-state index in [1.807, 2.05) is 25.1 Å². The fraction of sp³-hybridized carbons (Fsp3) is 0.133. The highest BCUT2D eigenvalue weighted by Crippen LogP contribution is 2.21. The lowest BCUT2D eigenvalue weighted by Crippen LogP contribution is -2.23. The van der Waals surface area contributed by atoms with Crippen molar-refractivity contribution in [2.75, 3.05) is 0 Å². The molecule has 1 amide bonds. The zero-order valence-corrected chi connectivity index (χ0v) is 12.1. The number of aryl methyl sites for hydroxylation is 1. The average Bonchev–Trinajstić information content (AvgIpc) is 2.39. The number of hydrogen-bond acceptors (Lipinski definition) is 2. The third-order valence-electron chi connectivity index (χ3n) is 2.80. The van der Waals surface area contributed by atoms with Gasteiger partial charge in [0.1, 0.15) is 5.75 Å². The normalized spacial score (nSPS) is 10.2. The highest BCUT2D eigenvalue weighted by atomic mass is 79.9. The van der Waals surface area contributed by atoms with E-state index < -0.39 is 0 Å². The van der Waals surface area contributed by atoms with E-state index in [2.05, 4.69) is 21.2 Å². The van der Waals surface area contributed by atoms with Crippen LogP contribution in [0.5, 0.6) is 5.75 Å². The molecule has 0 aliphatic heterocycles. The van der Waals surface area contributed by atoms with Crippen molar-refractivity contribution in [3.8, 4) is 5.75 Å². The van der Waals surface area contributed by atoms with Gasteiger partial charge in [0.15, 0.2) is 0 Å². The van der Waals surface area contributed by atoms with Crippen LogP contribution in [0, 0.1) is 6.92 Å². The van der Waals surface area contributed by atoms with Gasteiger partial charge in [-0.3, -0.25) is 4.79 Å². The van der Waals surface area contributed by atoms with Gasteiger partial charge in [-0.2, -0.15) is 0 Å². The molecule has 0 saturated heterocycles. The number of hydrogen-bond donors (Lipinski definition) is 2. The first-order valence-electron chi connectivity index (χ1n) is 5.89. The number of phenols is 1. The summed E-state index contributed by atoms with van der Waals surface area (Å²) in [6.45, 7) is 2.32. The molecule has 0 bridgehead atoms. The molecule has 2 aromatic carbocycles. The number of nitrogens with one attached hydrogen (secondary N) is 1. The number of carbonyl (C=O) groups excluding carboxylic acids is 1. The number of amides is 1. The molecule has 0 fully saturated rings. The Morgan fingerprint density at radius 1 is 1.26 bits per heavy atom. The third-order valence-corrected chi connectivity index (χ3v) is 3.85. The summed E-state index contributed by atoms with van der Waals surface area (Å²) in [5.41, 5.74) is 2.49. The van der Waals surface area contributed by atoms with Gasteiger partial charge in [-0.15, -0.1) is 0 Å². The van der Waals surface area contributed by atoms with Crippen LogP contribution in [-0.4, -0.2) is 11.0 Å². The van der Waals surface area contributed by atoms with Gasteiger partial charge in [-0.1, -0.05) is 24.3 Å². The van der Waals surface area contributed by atoms with Crippen LogP contribution in [0.25, 0.3) is 0 Å². The molecule has 0 unspecified atom stereocenters. The van der Waals surface area contributed by atoms with E-state index in [1.54, 1.807) is 24.3 Å². The van der Waals surface area contributed by atoms with E-state index in [0.29, 0.717) is 12.1 Å². The lowest BCUT2D eigenvalue weighted by atomic mass is 10.1. The average molecular weight is 320 g/mol. The number of phenolic OH excluding ortho intramolecular Hbond substituents is 1. The second kappa shape index (κ2) is 5.89. The molecular weight excluding hydrogens is 306 g/mol. The molecule has 0 heterocycles. The lowest BCUT2D eigenvalue weighted by molar-refractivity contribution is 0.0950. The minimum absolute atomic E-state index is 0.140. The standard InChI is InChI=1S/C15H14BrNO2/c1-10-4-2-7-13(14(10)16)15(19)17-9-11-5-3-6-12(18)8-11/h2-8,18H,9H2,1H3,(H,17,19). The van der Waals surface area contributed by atoms with E-state index in [1.165, 1.54) is 0 Å². The summed E-state index contributed by atoms with van der Waals surface area (Å²) in [4.78, 5) is 12.1. The number of benzene rings is 2.